The summed E-state index contributed by atoms with van der Waals surface area (Å²) >= 11 is 6.14. The molecule has 1 amide bonds. The molecule has 3 heteroatoms. The summed E-state index contributed by atoms with van der Waals surface area (Å²) in [5.74, 6) is -0.0522. The van der Waals surface area contributed by atoms with Crippen molar-refractivity contribution < 1.29 is 4.79 Å². The maximum atomic E-state index is 12.2. The molecular formula is C15H14ClNO. The van der Waals surface area contributed by atoms with Crippen LogP contribution in [0.2, 0.25) is 0 Å². The second-order valence-electron chi connectivity index (χ2n) is 4.65. The summed E-state index contributed by atoms with van der Waals surface area (Å²) in [4.78, 5) is 14.0. The van der Waals surface area contributed by atoms with E-state index in [0.29, 0.717) is 11.6 Å². The fourth-order valence-electron chi connectivity index (χ4n) is 2.54. The topological polar surface area (TPSA) is 20.3 Å². The molecule has 1 heterocycles. The van der Waals surface area contributed by atoms with Gasteiger partial charge in [0.2, 0.25) is 0 Å². The van der Waals surface area contributed by atoms with E-state index in [2.05, 4.69) is 6.08 Å². The van der Waals surface area contributed by atoms with Crippen LogP contribution >= 0.6 is 11.6 Å². The van der Waals surface area contributed by atoms with Gasteiger partial charge in [-0.2, -0.15) is 0 Å². The van der Waals surface area contributed by atoms with E-state index in [0.717, 1.165) is 36.1 Å². The zero-order chi connectivity index (χ0) is 12.5. The third kappa shape index (κ3) is 1.87. The van der Waals surface area contributed by atoms with Gasteiger partial charge in [0.1, 0.15) is 5.03 Å². The predicted octanol–water partition coefficient (Wildman–Crippen LogP) is 3.59. The molecule has 0 fully saturated rings. The van der Waals surface area contributed by atoms with E-state index in [-0.39, 0.29) is 5.91 Å². The second-order valence-corrected chi connectivity index (χ2v) is 5.03. The summed E-state index contributed by atoms with van der Waals surface area (Å²) in [7, 11) is 0. The van der Waals surface area contributed by atoms with Crippen LogP contribution in [0.1, 0.15) is 24.8 Å². The van der Waals surface area contributed by atoms with Gasteiger partial charge < -0.3 is 4.90 Å². The standard InChI is InChI=1S/C15H14ClNO/c16-14-12-8-4-5-9-13(12)17(15(14)18)10-11-6-2-1-3-7-11/h1-3,6-7,9H,4-5,8,10H2. The Morgan fingerprint density at radius 2 is 2.00 bits per heavy atom. The van der Waals surface area contributed by atoms with Crippen molar-refractivity contribution in [3.05, 3.63) is 58.3 Å². The SMILES string of the molecule is O=C1C(Cl)=C2CCCC=C2N1Cc1ccccc1. The Hall–Kier alpha value is -1.54. The molecule has 0 spiro atoms. The number of halogens is 1. The van der Waals surface area contributed by atoms with E-state index in [9.17, 15) is 4.79 Å². The molecule has 0 atom stereocenters. The molecule has 0 aromatic heterocycles. The lowest BCUT2D eigenvalue weighted by Gasteiger charge is -2.22. The Labute approximate surface area is 112 Å². The molecule has 92 valence electrons. The molecule has 1 aliphatic heterocycles. The Kier molecular flexibility index (Phi) is 2.96. The molecule has 0 unspecified atom stereocenters. The minimum atomic E-state index is -0.0522. The first-order valence-electron chi connectivity index (χ1n) is 6.22. The van der Waals surface area contributed by atoms with Crippen LogP contribution in [-0.4, -0.2) is 10.8 Å². The zero-order valence-corrected chi connectivity index (χ0v) is 10.8. The summed E-state index contributed by atoms with van der Waals surface area (Å²) in [6.07, 6.45) is 5.17. The average Bonchev–Trinajstić information content (AvgIpc) is 2.66. The van der Waals surface area contributed by atoms with Crippen LogP contribution in [0.4, 0.5) is 0 Å². The third-order valence-electron chi connectivity index (χ3n) is 3.45. The normalized spacial score (nSPS) is 19.1. The number of amides is 1. The minimum absolute atomic E-state index is 0.0522. The molecule has 2 aliphatic rings. The molecule has 1 aromatic rings. The fraction of sp³-hybridized carbons (Fsp3) is 0.267. The molecule has 2 nitrogen and oxygen atoms in total. The number of fused-ring (bicyclic) bond motifs is 1. The number of carbonyl (C=O) groups is 1. The van der Waals surface area contributed by atoms with E-state index in [1.54, 1.807) is 4.90 Å². The fourth-order valence-corrected chi connectivity index (χ4v) is 2.84. The van der Waals surface area contributed by atoms with E-state index < -0.39 is 0 Å². The highest BCUT2D eigenvalue weighted by atomic mass is 35.5. The number of nitrogens with zero attached hydrogens (tertiary/aromatic N) is 1. The van der Waals surface area contributed by atoms with Gasteiger partial charge >= 0.3 is 0 Å². The summed E-state index contributed by atoms with van der Waals surface area (Å²) in [6.45, 7) is 0.602. The molecule has 18 heavy (non-hydrogen) atoms. The molecule has 0 bridgehead atoms. The molecule has 1 aliphatic carbocycles. The van der Waals surface area contributed by atoms with E-state index in [4.69, 9.17) is 11.6 Å². The van der Waals surface area contributed by atoms with Crippen LogP contribution in [0, 0.1) is 0 Å². The number of allylic oxidation sites excluding steroid dienone is 2. The van der Waals surface area contributed by atoms with Crippen molar-refractivity contribution in [1.29, 1.82) is 0 Å². The summed E-state index contributed by atoms with van der Waals surface area (Å²) in [5.41, 5.74) is 3.19. The van der Waals surface area contributed by atoms with Crippen molar-refractivity contribution in [3.63, 3.8) is 0 Å². The van der Waals surface area contributed by atoms with Crippen molar-refractivity contribution in [2.75, 3.05) is 0 Å². The van der Waals surface area contributed by atoms with Crippen molar-refractivity contribution >= 4 is 17.5 Å². The molecule has 0 N–H and O–H groups in total. The van der Waals surface area contributed by atoms with Gasteiger partial charge in [0, 0.05) is 5.70 Å². The third-order valence-corrected chi connectivity index (χ3v) is 3.84. The lowest BCUT2D eigenvalue weighted by molar-refractivity contribution is -0.124. The summed E-state index contributed by atoms with van der Waals surface area (Å²) < 4.78 is 0. The first-order chi connectivity index (χ1) is 8.77. The van der Waals surface area contributed by atoms with Crippen LogP contribution in [-0.2, 0) is 11.3 Å². The summed E-state index contributed by atoms with van der Waals surface area (Å²) in [5, 5.41) is 0.414. The van der Waals surface area contributed by atoms with E-state index in [1.165, 1.54) is 0 Å². The molecule has 1 aromatic carbocycles. The van der Waals surface area contributed by atoms with Gasteiger partial charge in [-0.05, 0) is 30.4 Å². The number of benzene rings is 1. The Bertz CT molecular complexity index is 545. The van der Waals surface area contributed by atoms with Crippen LogP contribution in [0.25, 0.3) is 0 Å². The number of hydrogen-bond donors (Lipinski definition) is 0. The van der Waals surface area contributed by atoms with Crippen LogP contribution in [0.15, 0.2) is 52.7 Å². The molecule has 0 saturated heterocycles. The zero-order valence-electron chi connectivity index (χ0n) is 10.0. The number of rotatable bonds is 2. The van der Waals surface area contributed by atoms with Crippen LogP contribution in [0.5, 0.6) is 0 Å². The first kappa shape index (κ1) is 11.5. The highest BCUT2D eigenvalue weighted by Gasteiger charge is 2.34. The highest BCUT2D eigenvalue weighted by molar-refractivity contribution is 6.44. The van der Waals surface area contributed by atoms with Gasteiger partial charge in [-0.15, -0.1) is 0 Å². The van der Waals surface area contributed by atoms with Gasteiger partial charge in [0.25, 0.3) is 5.91 Å². The highest BCUT2D eigenvalue weighted by Crippen LogP contribution is 2.38. The minimum Gasteiger partial charge on any atom is -0.303 e. The second kappa shape index (κ2) is 4.62. The Balaban J connectivity index is 1.90. The monoisotopic (exact) mass is 259 g/mol. The number of hydrogen-bond acceptors (Lipinski definition) is 1. The van der Waals surface area contributed by atoms with Crippen LogP contribution in [0.3, 0.4) is 0 Å². The Morgan fingerprint density at radius 1 is 1.22 bits per heavy atom. The quantitative estimate of drug-likeness (QED) is 0.795. The predicted molar refractivity (Wildman–Crippen MR) is 71.8 cm³/mol. The van der Waals surface area contributed by atoms with Crippen molar-refractivity contribution in [3.8, 4) is 0 Å². The van der Waals surface area contributed by atoms with Gasteiger partial charge in [-0.3, -0.25) is 4.79 Å². The summed E-state index contributed by atoms with van der Waals surface area (Å²) in [6, 6.07) is 10.0. The van der Waals surface area contributed by atoms with Gasteiger partial charge in [0.05, 0.1) is 6.54 Å². The molecule has 0 radical (unpaired) electrons. The lowest BCUT2D eigenvalue weighted by atomic mass is 9.99. The lowest BCUT2D eigenvalue weighted by Crippen LogP contribution is -2.25. The van der Waals surface area contributed by atoms with Crippen LogP contribution < -0.4 is 0 Å². The van der Waals surface area contributed by atoms with Gasteiger partial charge in [-0.25, -0.2) is 0 Å². The van der Waals surface area contributed by atoms with E-state index in [1.807, 2.05) is 30.3 Å². The van der Waals surface area contributed by atoms with Crippen molar-refractivity contribution in [2.45, 2.75) is 25.8 Å². The maximum Gasteiger partial charge on any atom is 0.270 e. The average molecular weight is 260 g/mol. The van der Waals surface area contributed by atoms with Crippen molar-refractivity contribution in [1.82, 2.24) is 4.90 Å². The number of carbonyl (C=O) groups excluding carboxylic acids is 1. The Morgan fingerprint density at radius 3 is 2.78 bits per heavy atom. The smallest absolute Gasteiger partial charge is 0.270 e. The molecule has 3 rings (SSSR count). The van der Waals surface area contributed by atoms with Crippen molar-refractivity contribution in [2.24, 2.45) is 0 Å². The van der Waals surface area contributed by atoms with Gasteiger partial charge in [0.15, 0.2) is 0 Å². The maximum absolute atomic E-state index is 12.2. The van der Waals surface area contributed by atoms with Gasteiger partial charge in [-0.1, -0.05) is 48.0 Å². The largest absolute Gasteiger partial charge is 0.303 e. The first-order valence-corrected chi connectivity index (χ1v) is 6.60. The molecule has 0 saturated carbocycles. The van der Waals surface area contributed by atoms with E-state index >= 15 is 0 Å². The molecular weight excluding hydrogens is 246 g/mol.